The number of halogens is 2. The molecule has 0 fully saturated rings. The number of rotatable bonds is 27. The lowest BCUT2D eigenvalue weighted by Gasteiger charge is -2.42. The van der Waals surface area contributed by atoms with Gasteiger partial charge in [-0.2, -0.15) is 0 Å². The van der Waals surface area contributed by atoms with E-state index in [0.717, 1.165) is 4.47 Å². The van der Waals surface area contributed by atoms with E-state index in [-0.39, 0.29) is 107 Å². The van der Waals surface area contributed by atoms with Crippen LogP contribution in [0.4, 0.5) is 4.39 Å². The number of hydroxylamine groups is 3. The lowest BCUT2D eigenvalue weighted by atomic mass is 9.99. The van der Waals surface area contributed by atoms with Gasteiger partial charge in [0, 0.05) is 154 Å². The summed E-state index contributed by atoms with van der Waals surface area (Å²) < 4.78 is 77.5. The molecule has 27 heteroatoms. The van der Waals surface area contributed by atoms with Gasteiger partial charge < -0.3 is 80.1 Å². The molecule has 6 aromatic heterocycles. The molecule has 0 amide bonds. The second kappa shape index (κ2) is 34.1. The standard InChI is InChI=1S/C25H24BrNO7.C25H24FNO7.C25H25NO8/c2*1-31-9-7-27(8-10-32-2)14-20-21(28)5-4-17-18(13-23(29)34-24(17)20)19-12-15-11-16(26)3-6-22(15)33-25(19)30;1-31-11-9-26(30,10-12-32-2)15-20-21(27)8-7-17-18(14-23(28)34-24(17)20)19-13-16-5-3-4-6-22(16)33-25(19)29/h2*3-6,11-13,28H,7-10,14H2,1-2H3;3-8,13-14,27H,9-12,15H2,1-2H3. The summed E-state index contributed by atoms with van der Waals surface area (Å²) in [4.78, 5) is 80.0. The second-order valence-electron chi connectivity index (χ2n) is 23.7. The van der Waals surface area contributed by atoms with Gasteiger partial charge in [0.2, 0.25) is 0 Å². The molecule has 534 valence electrons. The summed E-state index contributed by atoms with van der Waals surface area (Å²) >= 11 is 3.42. The fourth-order valence-corrected chi connectivity index (χ4v) is 12.1. The lowest BCUT2D eigenvalue weighted by molar-refractivity contribution is -0.894. The first-order valence-electron chi connectivity index (χ1n) is 32.0. The first-order valence-corrected chi connectivity index (χ1v) is 32.8. The lowest BCUT2D eigenvalue weighted by Crippen LogP contribution is -2.46. The van der Waals surface area contributed by atoms with Crippen molar-refractivity contribution in [1.82, 2.24) is 9.80 Å². The monoisotopic (exact) mass is 1470 g/mol. The van der Waals surface area contributed by atoms with Gasteiger partial charge in [0.25, 0.3) is 0 Å². The Morgan fingerprint density at radius 3 is 1.20 bits per heavy atom. The van der Waals surface area contributed by atoms with Crippen LogP contribution in [0.3, 0.4) is 0 Å². The molecular formula is C75H73BrFN3O22. The molecule has 0 atom stereocenters. The third-order valence-electron chi connectivity index (χ3n) is 16.9. The predicted molar refractivity (Wildman–Crippen MR) is 383 cm³/mol. The molecule has 0 unspecified atom stereocenters. The van der Waals surface area contributed by atoms with Gasteiger partial charge in [0.05, 0.1) is 73.0 Å². The van der Waals surface area contributed by atoms with Crippen LogP contribution in [0.25, 0.3) is 99.2 Å². The molecule has 0 saturated heterocycles. The van der Waals surface area contributed by atoms with Gasteiger partial charge in [0.15, 0.2) is 5.58 Å². The van der Waals surface area contributed by atoms with Gasteiger partial charge in [-0.15, -0.1) is 0 Å². The van der Waals surface area contributed by atoms with Crippen molar-refractivity contribution in [2.24, 2.45) is 0 Å². The van der Waals surface area contributed by atoms with Crippen molar-refractivity contribution in [2.75, 3.05) is 122 Å². The molecule has 0 aliphatic rings. The molecule has 6 heterocycles. The van der Waals surface area contributed by atoms with Gasteiger partial charge >= 0.3 is 33.8 Å². The smallest absolute Gasteiger partial charge is 0.344 e. The summed E-state index contributed by atoms with van der Waals surface area (Å²) in [5, 5.41) is 48.5. The molecule has 0 saturated carbocycles. The zero-order valence-electron chi connectivity index (χ0n) is 56.5. The molecule has 12 aromatic rings. The summed E-state index contributed by atoms with van der Waals surface area (Å²) in [5.41, 5.74) is 0.0239. The Morgan fingerprint density at radius 1 is 0.412 bits per heavy atom. The quantitative estimate of drug-likeness (QED) is 0.0245. The summed E-state index contributed by atoms with van der Waals surface area (Å²) in [6, 6.07) is 33.8. The molecule has 0 bridgehead atoms. The van der Waals surface area contributed by atoms with Crippen LogP contribution in [0.1, 0.15) is 16.7 Å². The van der Waals surface area contributed by atoms with Crippen LogP contribution < -0.4 is 33.8 Å². The summed E-state index contributed by atoms with van der Waals surface area (Å²) in [5.74, 6) is -0.738. The van der Waals surface area contributed by atoms with Gasteiger partial charge in [0.1, 0.15) is 70.6 Å². The molecule has 102 heavy (non-hydrogen) atoms. The topological polar surface area (TPSA) is 327 Å². The fraction of sp³-hybridized carbons (Fsp3) is 0.280. The van der Waals surface area contributed by atoms with Crippen LogP contribution in [0.5, 0.6) is 17.2 Å². The number of benzene rings is 6. The SMILES string of the molecule is COCCN(CCOC)Cc1c(O)ccc2c(-c3cc4cc(Br)ccc4oc3=O)cc(=O)oc12.COCCN(CCOC)Cc1c(O)ccc2c(-c3cc4cc(F)ccc4oc3=O)cc(=O)oc12.COCC[N+]([O-])(CCOC)Cc1c(O)ccc2c(-c3cc4ccccc4oc3=O)cc(=O)oc12. The third-order valence-corrected chi connectivity index (χ3v) is 17.4. The van der Waals surface area contributed by atoms with Crippen LogP contribution in [0.2, 0.25) is 0 Å². The maximum atomic E-state index is 13.7. The Labute approximate surface area is 588 Å². The van der Waals surface area contributed by atoms with Gasteiger partial charge in [-0.3, -0.25) is 9.80 Å². The number of hydrogen-bond acceptors (Lipinski definition) is 24. The summed E-state index contributed by atoms with van der Waals surface area (Å²) in [7, 11) is 9.41. The number of methoxy groups -OCH3 is 6. The van der Waals surface area contributed by atoms with E-state index in [1.54, 1.807) is 89.1 Å². The molecule has 0 aliphatic heterocycles. The minimum atomic E-state index is -0.763. The van der Waals surface area contributed by atoms with E-state index in [1.165, 1.54) is 74.9 Å². The third kappa shape index (κ3) is 17.6. The van der Waals surface area contributed by atoms with Crippen LogP contribution in [0, 0.1) is 11.0 Å². The van der Waals surface area contributed by atoms with E-state index >= 15 is 0 Å². The number of phenolic OH excluding ortho intramolecular Hbond substituents is 3. The Hall–Kier alpha value is -10.0. The maximum Gasteiger partial charge on any atom is 0.344 e. The van der Waals surface area contributed by atoms with E-state index in [9.17, 15) is 53.7 Å². The normalized spacial score (nSPS) is 11.8. The molecule has 3 N–H and O–H groups in total. The Kier molecular flexibility index (Phi) is 25.0. The van der Waals surface area contributed by atoms with E-state index in [0.29, 0.717) is 125 Å². The minimum Gasteiger partial charge on any atom is -0.632 e. The second-order valence-corrected chi connectivity index (χ2v) is 24.6. The largest absolute Gasteiger partial charge is 0.632 e. The zero-order valence-corrected chi connectivity index (χ0v) is 58.1. The number of hydrogen-bond donors (Lipinski definition) is 3. The zero-order chi connectivity index (χ0) is 72.8. The molecule has 25 nitrogen and oxygen atoms in total. The van der Waals surface area contributed by atoms with E-state index in [2.05, 4.69) is 15.9 Å². The number of nitrogens with zero attached hydrogens (tertiary/aromatic N) is 3. The maximum absolute atomic E-state index is 13.7. The van der Waals surface area contributed by atoms with Crippen LogP contribution >= 0.6 is 15.9 Å². The Morgan fingerprint density at radius 2 is 0.775 bits per heavy atom. The van der Waals surface area contributed by atoms with Crippen molar-refractivity contribution in [1.29, 1.82) is 0 Å². The molecule has 0 spiro atoms. The number of ether oxygens (including phenoxy) is 6. The van der Waals surface area contributed by atoms with Gasteiger partial charge in [-0.05, 0) is 97.1 Å². The minimum absolute atomic E-state index is 0.0119. The van der Waals surface area contributed by atoms with Crippen molar-refractivity contribution in [2.45, 2.75) is 19.6 Å². The van der Waals surface area contributed by atoms with E-state index in [1.807, 2.05) is 21.9 Å². The number of phenols is 3. The van der Waals surface area contributed by atoms with Crippen molar-refractivity contribution in [3.05, 3.63) is 228 Å². The molecule has 0 radical (unpaired) electrons. The Bertz CT molecular complexity index is 5130. The molecular weight excluding hydrogens is 1390 g/mol. The van der Waals surface area contributed by atoms with E-state index in [4.69, 9.17) is 54.9 Å². The molecule has 0 aliphatic carbocycles. The average Bonchev–Trinajstić information content (AvgIpc) is 0.770. The highest BCUT2D eigenvalue weighted by atomic mass is 79.9. The van der Waals surface area contributed by atoms with E-state index < -0.39 is 44.2 Å². The summed E-state index contributed by atoms with van der Waals surface area (Å²) in [6.07, 6.45) is 0. The van der Waals surface area contributed by atoms with Crippen LogP contribution in [-0.4, -0.2) is 151 Å². The van der Waals surface area contributed by atoms with Crippen molar-refractivity contribution >= 4 is 81.7 Å². The number of para-hydroxylation sites is 1. The fourth-order valence-electron chi connectivity index (χ4n) is 11.7. The number of aromatic hydroxyl groups is 3. The average molecular weight is 1470 g/mol. The highest BCUT2D eigenvalue weighted by Gasteiger charge is 2.27. The molecule has 12 rings (SSSR count). The first-order chi connectivity index (χ1) is 49.2. The van der Waals surface area contributed by atoms with Crippen molar-refractivity contribution in [3.63, 3.8) is 0 Å². The van der Waals surface area contributed by atoms with Crippen molar-refractivity contribution < 1.29 is 79.3 Å². The van der Waals surface area contributed by atoms with Crippen molar-refractivity contribution in [3.8, 4) is 50.6 Å². The predicted octanol–water partition coefficient (Wildman–Crippen LogP) is 11.0. The number of quaternary nitrogens is 1. The summed E-state index contributed by atoms with van der Waals surface area (Å²) in [6.45, 7) is 5.13. The number of fused-ring (bicyclic) bond motifs is 6. The first kappa shape index (κ1) is 74.7. The highest BCUT2D eigenvalue weighted by molar-refractivity contribution is 9.10. The van der Waals surface area contributed by atoms with Gasteiger partial charge in [-0.1, -0.05) is 34.1 Å². The highest BCUT2D eigenvalue weighted by Crippen LogP contribution is 2.38. The van der Waals surface area contributed by atoms with Crippen LogP contribution in [0.15, 0.2) is 193 Å². The van der Waals surface area contributed by atoms with Gasteiger partial charge in [-0.25, -0.2) is 33.2 Å². The Balaban J connectivity index is 0.000000165. The van der Waals surface area contributed by atoms with Crippen LogP contribution in [-0.2, 0) is 48.1 Å². The molecule has 6 aromatic carbocycles.